The van der Waals surface area contributed by atoms with Gasteiger partial charge < -0.3 is 15.0 Å². The van der Waals surface area contributed by atoms with E-state index in [1.165, 1.54) is 12.1 Å². The molecule has 0 radical (unpaired) electrons. The van der Waals surface area contributed by atoms with Crippen LogP contribution in [0.5, 0.6) is 0 Å². The van der Waals surface area contributed by atoms with Crippen molar-refractivity contribution in [1.29, 1.82) is 5.26 Å². The van der Waals surface area contributed by atoms with Crippen LogP contribution in [0.2, 0.25) is 0 Å². The first-order valence-corrected chi connectivity index (χ1v) is 8.90. The molecule has 1 aliphatic carbocycles. The molecule has 1 aromatic carbocycles. The number of hydrogen-bond acceptors (Lipinski definition) is 6. The average molecular weight is 358 g/mol. The molecule has 2 fully saturated rings. The summed E-state index contributed by atoms with van der Waals surface area (Å²) in [6, 6.07) is 6.57. The van der Waals surface area contributed by atoms with Gasteiger partial charge in [0, 0.05) is 25.2 Å². The molecule has 0 atom stereocenters. The van der Waals surface area contributed by atoms with E-state index in [9.17, 15) is 20.2 Å². The summed E-state index contributed by atoms with van der Waals surface area (Å²) in [5.74, 6) is -0.432. The molecule has 1 saturated carbocycles. The van der Waals surface area contributed by atoms with E-state index in [0.717, 1.165) is 19.3 Å². The second-order valence-electron chi connectivity index (χ2n) is 6.77. The van der Waals surface area contributed by atoms with Gasteiger partial charge in [0.1, 0.15) is 5.54 Å². The summed E-state index contributed by atoms with van der Waals surface area (Å²) in [5.41, 5.74) is -0.147. The number of nitrogens with one attached hydrogen (secondary N) is 1. The zero-order valence-electron chi connectivity index (χ0n) is 14.6. The number of nitro groups is 1. The molecule has 2 aliphatic rings. The predicted octanol–water partition coefficient (Wildman–Crippen LogP) is 2.39. The first kappa shape index (κ1) is 18.1. The van der Waals surface area contributed by atoms with Crippen LogP contribution < -0.4 is 10.2 Å². The first-order chi connectivity index (χ1) is 12.5. The van der Waals surface area contributed by atoms with Gasteiger partial charge in [-0.25, -0.2) is 0 Å². The summed E-state index contributed by atoms with van der Waals surface area (Å²) in [4.78, 5) is 25.6. The molecule has 0 spiro atoms. The number of nitro benzene ring substituents is 1. The monoisotopic (exact) mass is 358 g/mol. The molecule has 8 heteroatoms. The second-order valence-corrected chi connectivity index (χ2v) is 6.77. The third kappa shape index (κ3) is 3.78. The lowest BCUT2D eigenvalue weighted by Crippen LogP contribution is -2.49. The van der Waals surface area contributed by atoms with Crippen LogP contribution in [0, 0.1) is 21.4 Å². The van der Waals surface area contributed by atoms with Crippen LogP contribution in [0.25, 0.3) is 0 Å². The highest BCUT2D eigenvalue weighted by molar-refractivity contribution is 6.01. The maximum absolute atomic E-state index is 13.0. The Labute approximate surface area is 151 Å². The molecule has 1 amide bonds. The fraction of sp³-hybridized carbons (Fsp3) is 0.556. The molecular weight excluding hydrogens is 336 g/mol. The SMILES string of the molecule is N#CC1(NC(=O)c2cc([N+](=O)[O-])ccc2N2CCOCC2)CCCCC1. The van der Waals surface area contributed by atoms with Gasteiger partial charge in [-0.3, -0.25) is 14.9 Å². The number of amides is 1. The first-order valence-electron chi connectivity index (χ1n) is 8.90. The minimum atomic E-state index is -0.887. The smallest absolute Gasteiger partial charge is 0.270 e. The van der Waals surface area contributed by atoms with Crippen molar-refractivity contribution in [3.05, 3.63) is 33.9 Å². The van der Waals surface area contributed by atoms with Crippen LogP contribution in [0.4, 0.5) is 11.4 Å². The molecule has 1 aromatic rings. The Balaban J connectivity index is 1.92. The van der Waals surface area contributed by atoms with Crippen molar-refractivity contribution in [2.45, 2.75) is 37.6 Å². The van der Waals surface area contributed by atoms with E-state index in [-0.39, 0.29) is 11.3 Å². The van der Waals surface area contributed by atoms with Crippen molar-refractivity contribution in [2.75, 3.05) is 31.2 Å². The summed E-state index contributed by atoms with van der Waals surface area (Å²) in [6.45, 7) is 2.31. The zero-order valence-corrected chi connectivity index (χ0v) is 14.6. The highest BCUT2D eigenvalue weighted by Crippen LogP contribution is 2.30. The number of hydrogen-bond donors (Lipinski definition) is 1. The number of nitrogens with zero attached hydrogens (tertiary/aromatic N) is 3. The van der Waals surface area contributed by atoms with E-state index in [2.05, 4.69) is 11.4 Å². The van der Waals surface area contributed by atoms with Gasteiger partial charge in [-0.15, -0.1) is 0 Å². The van der Waals surface area contributed by atoms with Crippen molar-refractivity contribution in [2.24, 2.45) is 0 Å². The molecular formula is C18H22N4O4. The van der Waals surface area contributed by atoms with Crippen LogP contribution in [-0.2, 0) is 4.74 Å². The maximum atomic E-state index is 13.0. The lowest BCUT2D eigenvalue weighted by atomic mass is 9.82. The average Bonchev–Trinajstić information content (AvgIpc) is 2.68. The normalized spacial score (nSPS) is 19.4. The third-order valence-electron chi connectivity index (χ3n) is 5.06. The molecule has 0 aromatic heterocycles. The predicted molar refractivity (Wildman–Crippen MR) is 95.0 cm³/mol. The topological polar surface area (TPSA) is 108 Å². The highest BCUT2D eigenvalue weighted by atomic mass is 16.6. The van der Waals surface area contributed by atoms with E-state index in [1.54, 1.807) is 6.07 Å². The van der Waals surface area contributed by atoms with Crippen molar-refractivity contribution in [3.8, 4) is 6.07 Å². The van der Waals surface area contributed by atoms with Gasteiger partial charge in [-0.1, -0.05) is 19.3 Å². The van der Waals surface area contributed by atoms with Gasteiger partial charge in [0.05, 0.1) is 35.5 Å². The molecule has 8 nitrogen and oxygen atoms in total. The van der Waals surface area contributed by atoms with Gasteiger partial charge in [0.15, 0.2) is 0 Å². The quantitative estimate of drug-likeness (QED) is 0.654. The van der Waals surface area contributed by atoms with Gasteiger partial charge in [0.2, 0.25) is 0 Å². The van der Waals surface area contributed by atoms with Gasteiger partial charge >= 0.3 is 0 Å². The lowest BCUT2D eigenvalue weighted by Gasteiger charge is -2.33. The summed E-state index contributed by atoms with van der Waals surface area (Å²) >= 11 is 0. The Bertz CT molecular complexity index is 731. The van der Waals surface area contributed by atoms with Crippen molar-refractivity contribution < 1.29 is 14.5 Å². The molecule has 26 heavy (non-hydrogen) atoms. The molecule has 1 N–H and O–H groups in total. The molecule has 138 valence electrons. The lowest BCUT2D eigenvalue weighted by molar-refractivity contribution is -0.384. The van der Waals surface area contributed by atoms with Gasteiger partial charge in [0.25, 0.3) is 11.6 Å². The van der Waals surface area contributed by atoms with Crippen molar-refractivity contribution in [1.82, 2.24) is 5.32 Å². The summed E-state index contributed by atoms with van der Waals surface area (Å²) in [6.07, 6.45) is 4.04. The van der Waals surface area contributed by atoms with Crippen molar-refractivity contribution >= 4 is 17.3 Å². The van der Waals surface area contributed by atoms with E-state index < -0.39 is 16.4 Å². The molecule has 1 heterocycles. The Morgan fingerprint density at radius 3 is 2.58 bits per heavy atom. The van der Waals surface area contributed by atoms with E-state index in [0.29, 0.717) is 44.8 Å². The van der Waals surface area contributed by atoms with E-state index in [4.69, 9.17) is 4.74 Å². The Hall–Kier alpha value is -2.66. The number of benzene rings is 1. The number of anilines is 1. The van der Waals surface area contributed by atoms with Crippen LogP contribution in [-0.4, -0.2) is 42.7 Å². The minimum Gasteiger partial charge on any atom is -0.378 e. The standard InChI is InChI=1S/C18H22N4O4/c19-13-18(6-2-1-3-7-18)20-17(23)15-12-14(22(24)25)4-5-16(15)21-8-10-26-11-9-21/h4-5,12H,1-3,6-11H2,(H,20,23). The third-order valence-corrected chi connectivity index (χ3v) is 5.06. The number of morpholine rings is 1. The number of rotatable bonds is 4. The summed E-state index contributed by atoms with van der Waals surface area (Å²) in [7, 11) is 0. The molecule has 1 aliphatic heterocycles. The molecule has 0 bridgehead atoms. The fourth-order valence-electron chi connectivity index (χ4n) is 3.60. The number of ether oxygens (including phenoxy) is 1. The fourth-order valence-corrected chi connectivity index (χ4v) is 3.60. The maximum Gasteiger partial charge on any atom is 0.270 e. The Morgan fingerprint density at radius 1 is 1.27 bits per heavy atom. The molecule has 3 rings (SSSR count). The molecule has 1 saturated heterocycles. The largest absolute Gasteiger partial charge is 0.378 e. The Morgan fingerprint density at radius 2 is 1.96 bits per heavy atom. The van der Waals surface area contributed by atoms with Crippen LogP contribution in [0.1, 0.15) is 42.5 Å². The zero-order chi connectivity index (χ0) is 18.6. The van der Waals surface area contributed by atoms with Crippen molar-refractivity contribution in [3.63, 3.8) is 0 Å². The summed E-state index contributed by atoms with van der Waals surface area (Å²) < 4.78 is 5.34. The van der Waals surface area contributed by atoms with Gasteiger partial charge in [-0.2, -0.15) is 5.26 Å². The van der Waals surface area contributed by atoms with Crippen LogP contribution >= 0.6 is 0 Å². The number of non-ortho nitro benzene ring substituents is 1. The molecule has 0 unspecified atom stereocenters. The van der Waals surface area contributed by atoms with E-state index >= 15 is 0 Å². The van der Waals surface area contributed by atoms with E-state index in [1.807, 2.05) is 4.90 Å². The number of nitriles is 1. The number of carbonyl (C=O) groups is 1. The minimum absolute atomic E-state index is 0.137. The van der Waals surface area contributed by atoms with Gasteiger partial charge in [-0.05, 0) is 18.9 Å². The van der Waals surface area contributed by atoms with Crippen LogP contribution in [0.3, 0.4) is 0 Å². The Kier molecular flexibility index (Phi) is 5.38. The highest BCUT2D eigenvalue weighted by Gasteiger charge is 2.35. The second kappa shape index (κ2) is 7.70. The summed E-state index contributed by atoms with van der Waals surface area (Å²) in [5, 5.41) is 23.6. The number of carbonyl (C=O) groups excluding carboxylic acids is 1. The van der Waals surface area contributed by atoms with Crippen LogP contribution in [0.15, 0.2) is 18.2 Å².